The van der Waals surface area contributed by atoms with Gasteiger partial charge in [-0.1, -0.05) is 12.1 Å². The SMILES string of the molecule is C[C@@H](Oc1nccn1-c1ccc(OCC(F)(F)C(F)F)cc1)C(=O)c1ccccc1F. The molecule has 3 aromatic rings. The van der Waals surface area contributed by atoms with Gasteiger partial charge in [0.1, 0.15) is 11.6 Å². The molecular formula is C21H17F5N2O3. The number of ether oxygens (including phenoxy) is 2. The lowest BCUT2D eigenvalue weighted by Gasteiger charge is -2.17. The lowest BCUT2D eigenvalue weighted by atomic mass is 10.1. The monoisotopic (exact) mass is 440 g/mol. The van der Waals surface area contributed by atoms with E-state index in [-0.39, 0.29) is 17.3 Å². The summed E-state index contributed by atoms with van der Waals surface area (Å²) in [6, 6.07) is 11.1. The van der Waals surface area contributed by atoms with Crippen molar-refractivity contribution in [3.63, 3.8) is 0 Å². The molecule has 3 rings (SSSR count). The number of Topliss-reactive ketones (excluding diaryl/α,β-unsaturated/α-hetero) is 1. The Labute approximate surface area is 174 Å². The Morgan fingerprint density at radius 1 is 1.13 bits per heavy atom. The van der Waals surface area contributed by atoms with Crippen molar-refractivity contribution in [3.05, 3.63) is 72.3 Å². The van der Waals surface area contributed by atoms with Crippen LogP contribution >= 0.6 is 0 Å². The van der Waals surface area contributed by atoms with E-state index in [9.17, 15) is 26.7 Å². The van der Waals surface area contributed by atoms with E-state index in [1.807, 2.05) is 0 Å². The van der Waals surface area contributed by atoms with Crippen molar-refractivity contribution < 1.29 is 36.2 Å². The fraction of sp³-hybridized carbons (Fsp3) is 0.238. The first-order valence-electron chi connectivity index (χ1n) is 9.07. The van der Waals surface area contributed by atoms with Crippen LogP contribution in [-0.4, -0.2) is 40.4 Å². The molecule has 0 radical (unpaired) electrons. The predicted octanol–water partition coefficient (Wildman–Crippen LogP) is 4.94. The van der Waals surface area contributed by atoms with Gasteiger partial charge < -0.3 is 9.47 Å². The van der Waals surface area contributed by atoms with Crippen molar-refractivity contribution in [1.29, 1.82) is 0 Å². The fourth-order valence-corrected chi connectivity index (χ4v) is 2.61. The minimum Gasteiger partial charge on any atom is -0.487 e. The molecular weight excluding hydrogens is 423 g/mol. The molecule has 1 heterocycles. The molecule has 10 heteroatoms. The number of carbonyl (C=O) groups excluding carboxylic acids is 1. The molecule has 0 unspecified atom stereocenters. The van der Waals surface area contributed by atoms with E-state index in [1.165, 1.54) is 72.4 Å². The van der Waals surface area contributed by atoms with Crippen molar-refractivity contribution >= 4 is 5.78 Å². The zero-order valence-corrected chi connectivity index (χ0v) is 16.1. The number of carbonyl (C=O) groups is 1. The van der Waals surface area contributed by atoms with Gasteiger partial charge in [-0.25, -0.2) is 18.2 Å². The van der Waals surface area contributed by atoms with Crippen LogP contribution in [-0.2, 0) is 0 Å². The van der Waals surface area contributed by atoms with E-state index in [4.69, 9.17) is 9.47 Å². The van der Waals surface area contributed by atoms with Gasteiger partial charge in [-0.05, 0) is 43.3 Å². The third kappa shape index (κ3) is 5.19. The first-order chi connectivity index (χ1) is 14.7. The number of hydrogen-bond acceptors (Lipinski definition) is 4. The minimum atomic E-state index is -4.26. The Bertz CT molecular complexity index is 1040. The Hall–Kier alpha value is -3.43. The normalized spacial score (nSPS) is 12.6. The molecule has 1 aromatic heterocycles. The van der Waals surface area contributed by atoms with E-state index in [0.717, 1.165) is 0 Å². The molecule has 0 aliphatic rings. The molecule has 0 spiro atoms. The van der Waals surface area contributed by atoms with Crippen molar-refractivity contribution in [1.82, 2.24) is 9.55 Å². The first-order valence-corrected chi connectivity index (χ1v) is 9.07. The summed E-state index contributed by atoms with van der Waals surface area (Å²) in [6.45, 7) is -0.00690. The molecule has 0 fully saturated rings. The summed E-state index contributed by atoms with van der Waals surface area (Å²) in [5, 5.41) is 0. The number of ketones is 1. The topological polar surface area (TPSA) is 53.4 Å². The maximum absolute atomic E-state index is 13.8. The van der Waals surface area contributed by atoms with Crippen molar-refractivity contribution in [2.75, 3.05) is 6.61 Å². The van der Waals surface area contributed by atoms with Crippen LogP contribution in [0.25, 0.3) is 5.69 Å². The molecule has 0 amide bonds. The van der Waals surface area contributed by atoms with Gasteiger partial charge >= 0.3 is 18.4 Å². The highest BCUT2D eigenvalue weighted by molar-refractivity contribution is 5.99. The molecule has 2 aromatic carbocycles. The molecule has 0 N–H and O–H groups in total. The Balaban J connectivity index is 1.70. The van der Waals surface area contributed by atoms with Crippen LogP contribution in [0.5, 0.6) is 11.8 Å². The highest BCUT2D eigenvalue weighted by Gasteiger charge is 2.41. The van der Waals surface area contributed by atoms with Crippen LogP contribution in [0.1, 0.15) is 17.3 Å². The first kappa shape index (κ1) is 22.3. The fourth-order valence-electron chi connectivity index (χ4n) is 2.61. The van der Waals surface area contributed by atoms with Crippen LogP contribution in [0.4, 0.5) is 22.0 Å². The average molecular weight is 440 g/mol. The molecule has 0 saturated carbocycles. The summed E-state index contributed by atoms with van der Waals surface area (Å²) in [4.78, 5) is 16.5. The molecule has 1 atom stereocenters. The summed E-state index contributed by atoms with van der Waals surface area (Å²) in [5.74, 6) is -5.53. The number of imidazole rings is 1. The standard InChI is InChI=1S/C21H17F5N2O3/c1-13(18(29)16-4-2-3-5-17(16)22)31-20-27-10-11-28(20)14-6-8-15(9-7-14)30-12-21(25,26)19(23)24/h2-11,13,19H,12H2,1H3/t13-/m1/s1. The quantitative estimate of drug-likeness (QED) is 0.349. The molecule has 0 aliphatic carbocycles. The summed E-state index contributed by atoms with van der Waals surface area (Å²) in [5.41, 5.74) is 0.362. The van der Waals surface area contributed by atoms with Gasteiger partial charge in [0.05, 0.1) is 11.3 Å². The molecule has 5 nitrogen and oxygen atoms in total. The molecule has 164 valence electrons. The summed E-state index contributed by atoms with van der Waals surface area (Å²) >= 11 is 0. The second-order valence-electron chi connectivity index (χ2n) is 6.53. The summed E-state index contributed by atoms with van der Waals surface area (Å²) < 4.78 is 75.9. The largest absolute Gasteiger partial charge is 0.487 e. The van der Waals surface area contributed by atoms with Crippen LogP contribution < -0.4 is 9.47 Å². The van der Waals surface area contributed by atoms with Crippen molar-refractivity contribution in [2.45, 2.75) is 25.4 Å². The highest BCUT2D eigenvalue weighted by atomic mass is 19.3. The maximum Gasteiger partial charge on any atom is 0.340 e. The number of rotatable bonds is 9. The number of halogens is 5. The van der Waals surface area contributed by atoms with Crippen molar-refractivity contribution in [3.8, 4) is 17.4 Å². The Kier molecular flexibility index (Phi) is 6.57. The minimum absolute atomic E-state index is 0.0326. The zero-order valence-electron chi connectivity index (χ0n) is 16.1. The van der Waals surface area contributed by atoms with Gasteiger partial charge in [0.15, 0.2) is 12.7 Å². The van der Waals surface area contributed by atoms with Crippen molar-refractivity contribution in [2.24, 2.45) is 0 Å². The number of hydrogen-bond donors (Lipinski definition) is 0. The number of alkyl halides is 4. The van der Waals surface area contributed by atoms with Crippen LogP contribution in [0.15, 0.2) is 60.9 Å². The third-order valence-electron chi connectivity index (χ3n) is 4.26. The van der Waals surface area contributed by atoms with Gasteiger partial charge in [-0.2, -0.15) is 8.78 Å². The zero-order chi connectivity index (χ0) is 22.6. The highest BCUT2D eigenvalue weighted by Crippen LogP contribution is 2.26. The van der Waals surface area contributed by atoms with Gasteiger partial charge in [0.2, 0.25) is 5.78 Å². The molecule has 0 saturated heterocycles. The van der Waals surface area contributed by atoms with Gasteiger partial charge in [-0.3, -0.25) is 9.36 Å². The second-order valence-corrected chi connectivity index (χ2v) is 6.53. The van der Waals surface area contributed by atoms with E-state index in [2.05, 4.69) is 4.98 Å². The van der Waals surface area contributed by atoms with E-state index in [1.54, 1.807) is 0 Å². The predicted molar refractivity (Wildman–Crippen MR) is 101 cm³/mol. The molecule has 31 heavy (non-hydrogen) atoms. The lowest BCUT2D eigenvalue weighted by Crippen LogP contribution is -2.33. The summed E-state index contributed by atoms with van der Waals surface area (Å²) in [6.07, 6.45) is -1.94. The third-order valence-corrected chi connectivity index (χ3v) is 4.26. The smallest absolute Gasteiger partial charge is 0.340 e. The van der Waals surface area contributed by atoms with Crippen LogP contribution in [0, 0.1) is 5.82 Å². The molecule has 0 aliphatic heterocycles. The maximum atomic E-state index is 13.8. The Morgan fingerprint density at radius 2 is 1.81 bits per heavy atom. The van der Waals surface area contributed by atoms with E-state index in [0.29, 0.717) is 5.69 Å². The Morgan fingerprint density at radius 3 is 2.45 bits per heavy atom. The van der Waals surface area contributed by atoms with Gasteiger partial charge in [-0.15, -0.1) is 0 Å². The second kappa shape index (κ2) is 9.15. The number of benzene rings is 2. The number of aromatic nitrogens is 2. The van der Waals surface area contributed by atoms with Crippen LogP contribution in [0.3, 0.4) is 0 Å². The molecule has 0 bridgehead atoms. The van der Waals surface area contributed by atoms with Gasteiger partial charge in [0, 0.05) is 12.4 Å². The van der Waals surface area contributed by atoms with Crippen LogP contribution in [0.2, 0.25) is 0 Å². The number of nitrogens with zero attached hydrogens (tertiary/aromatic N) is 2. The van der Waals surface area contributed by atoms with E-state index < -0.39 is 36.7 Å². The van der Waals surface area contributed by atoms with E-state index >= 15 is 0 Å². The average Bonchev–Trinajstić information content (AvgIpc) is 3.20. The summed E-state index contributed by atoms with van der Waals surface area (Å²) in [7, 11) is 0. The lowest BCUT2D eigenvalue weighted by molar-refractivity contribution is -0.148. The van der Waals surface area contributed by atoms with Gasteiger partial charge in [0.25, 0.3) is 0 Å².